The van der Waals surface area contributed by atoms with E-state index in [2.05, 4.69) is 5.32 Å². The van der Waals surface area contributed by atoms with Crippen LogP contribution in [0, 0.1) is 0 Å². The summed E-state index contributed by atoms with van der Waals surface area (Å²) in [5.41, 5.74) is 2.53. The fraction of sp³-hybridized carbons (Fsp3) is 0.250. The van der Waals surface area contributed by atoms with E-state index in [0.717, 1.165) is 28.5 Å². The Hall–Kier alpha value is -3.98. The van der Waals surface area contributed by atoms with Gasteiger partial charge >= 0.3 is 5.97 Å². The monoisotopic (exact) mass is 521 g/mol. The third kappa shape index (κ3) is 6.62. The molecule has 1 N–H and O–H groups in total. The molecule has 9 heteroatoms. The summed E-state index contributed by atoms with van der Waals surface area (Å²) in [6.07, 6.45) is 0.835. The molecule has 3 aromatic rings. The van der Waals surface area contributed by atoms with Crippen LogP contribution in [0.4, 0.5) is 4.79 Å². The second kappa shape index (κ2) is 11.8. The third-order valence-corrected chi connectivity index (χ3v) is 6.93. The van der Waals surface area contributed by atoms with Gasteiger partial charge in [-0.15, -0.1) is 0 Å². The second-order valence-electron chi connectivity index (χ2n) is 8.41. The molecule has 1 saturated heterocycles. The Labute approximate surface area is 219 Å². The van der Waals surface area contributed by atoms with Crippen LogP contribution < -0.4 is 19.5 Å². The Morgan fingerprint density at radius 3 is 2.16 bits per heavy atom. The number of carbonyl (C=O) groups is 3. The van der Waals surface area contributed by atoms with Crippen LogP contribution in [0.2, 0.25) is 0 Å². The topological polar surface area (TPSA) is 100 Å². The van der Waals surface area contributed by atoms with Crippen molar-refractivity contribution in [3.63, 3.8) is 0 Å². The Balaban J connectivity index is 1.49. The molecular weight excluding hydrogens is 494 g/mol. The first-order valence-electron chi connectivity index (χ1n) is 11.6. The minimum atomic E-state index is -0.564. The van der Waals surface area contributed by atoms with E-state index >= 15 is 0 Å². The largest absolute Gasteiger partial charge is 0.497 e. The number of nitrogens with one attached hydrogen (secondary N) is 1. The molecule has 0 radical (unpaired) electrons. The molecular formula is C28H27NO7S. The highest BCUT2D eigenvalue weighted by Crippen LogP contribution is 2.31. The third-order valence-electron chi connectivity index (χ3n) is 5.94. The van der Waals surface area contributed by atoms with Gasteiger partial charge in [0.15, 0.2) is 0 Å². The van der Waals surface area contributed by atoms with Gasteiger partial charge in [-0.2, -0.15) is 0 Å². The lowest BCUT2D eigenvalue weighted by molar-refractivity contribution is -0.142. The Kier molecular flexibility index (Phi) is 8.35. The number of carbonyl (C=O) groups excluding carboxylic acids is 3. The zero-order valence-corrected chi connectivity index (χ0v) is 21.5. The Morgan fingerprint density at radius 2 is 1.57 bits per heavy atom. The van der Waals surface area contributed by atoms with Gasteiger partial charge in [-0.05, 0) is 65.9 Å². The molecule has 1 fully saturated rings. The molecule has 192 valence electrons. The predicted octanol–water partition coefficient (Wildman–Crippen LogP) is 4.89. The second-order valence-corrected chi connectivity index (χ2v) is 9.58. The molecule has 1 aliphatic rings. The zero-order chi connectivity index (χ0) is 26.4. The van der Waals surface area contributed by atoms with Crippen molar-refractivity contribution in [1.29, 1.82) is 0 Å². The summed E-state index contributed by atoms with van der Waals surface area (Å²) in [6, 6.07) is 20.2. The Bertz CT molecular complexity index is 1270. The Morgan fingerprint density at radius 1 is 0.865 bits per heavy atom. The van der Waals surface area contributed by atoms with E-state index in [1.807, 2.05) is 60.7 Å². The summed E-state index contributed by atoms with van der Waals surface area (Å²) in [6.45, 7) is 0. The highest BCUT2D eigenvalue weighted by atomic mass is 32.2. The number of rotatable bonds is 10. The van der Waals surface area contributed by atoms with Crippen LogP contribution >= 0.6 is 11.8 Å². The molecule has 37 heavy (non-hydrogen) atoms. The minimum Gasteiger partial charge on any atom is -0.497 e. The number of hydrogen-bond acceptors (Lipinski definition) is 8. The smallest absolute Gasteiger partial charge is 0.313 e. The van der Waals surface area contributed by atoms with Crippen molar-refractivity contribution >= 4 is 28.9 Å². The van der Waals surface area contributed by atoms with Crippen LogP contribution in [0.15, 0.2) is 66.7 Å². The van der Waals surface area contributed by atoms with Gasteiger partial charge in [0.1, 0.15) is 23.0 Å². The molecule has 0 aromatic heterocycles. The molecule has 4 rings (SSSR count). The summed E-state index contributed by atoms with van der Waals surface area (Å²) in [5.74, 6) is 1.25. The number of imide groups is 1. The summed E-state index contributed by atoms with van der Waals surface area (Å²) >= 11 is 1.01. The lowest BCUT2D eigenvalue weighted by atomic mass is 9.91. The molecule has 2 atom stereocenters. The maximum atomic E-state index is 12.7. The van der Waals surface area contributed by atoms with E-state index in [-0.39, 0.29) is 17.1 Å². The zero-order valence-electron chi connectivity index (χ0n) is 20.7. The SMILES string of the molecule is COC(=O)C(Cc1cc(OC)cc(OC)c1)c1cccc(Oc2ccc(CC3SC(=O)NC3=O)cc2)c1. The van der Waals surface area contributed by atoms with Crippen molar-refractivity contribution in [2.24, 2.45) is 0 Å². The van der Waals surface area contributed by atoms with E-state index in [1.54, 1.807) is 20.3 Å². The van der Waals surface area contributed by atoms with E-state index in [4.69, 9.17) is 18.9 Å². The molecule has 2 unspecified atom stereocenters. The first-order valence-corrected chi connectivity index (χ1v) is 12.4. The number of esters is 1. The molecule has 2 amide bonds. The molecule has 1 heterocycles. The van der Waals surface area contributed by atoms with Gasteiger partial charge in [0.2, 0.25) is 5.91 Å². The van der Waals surface area contributed by atoms with Crippen molar-refractivity contribution < 1.29 is 33.3 Å². The number of ether oxygens (including phenoxy) is 4. The minimum absolute atomic E-state index is 0.264. The average molecular weight is 522 g/mol. The standard InChI is InChI=1S/C28H27NO7S/c1-33-22-11-18(12-23(16-22)34-2)13-24(27(31)35-3)19-5-4-6-21(15-19)36-20-9-7-17(8-10-20)14-25-26(30)29-28(32)37-25/h4-12,15-16,24-25H,13-14H2,1-3H3,(H,29,30,32). The molecule has 0 spiro atoms. The number of thioether (sulfide) groups is 1. The van der Waals surface area contributed by atoms with Gasteiger partial charge < -0.3 is 18.9 Å². The molecule has 0 bridgehead atoms. The molecule has 3 aromatic carbocycles. The number of methoxy groups -OCH3 is 3. The van der Waals surface area contributed by atoms with Crippen LogP contribution in [0.1, 0.15) is 22.6 Å². The van der Waals surface area contributed by atoms with Gasteiger partial charge in [0, 0.05) is 6.07 Å². The number of hydrogen-bond donors (Lipinski definition) is 1. The lowest BCUT2D eigenvalue weighted by Crippen LogP contribution is -2.25. The summed E-state index contributed by atoms with van der Waals surface area (Å²) < 4.78 is 21.9. The lowest BCUT2D eigenvalue weighted by Gasteiger charge is -2.17. The molecule has 1 aliphatic heterocycles. The van der Waals surface area contributed by atoms with Gasteiger partial charge in [-0.3, -0.25) is 19.7 Å². The van der Waals surface area contributed by atoms with Crippen molar-refractivity contribution in [2.75, 3.05) is 21.3 Å². The highest BCUT2D eigenvalue weighted by Gasteiger charge is 2.31. The first-order chi connectivity index (χ1) is 17.9. The molecule has 0 saturated carbocycles. The van der Waals surface area contributed by atoms with E-state index in [1.165, 1.54) is 7.11 Å². The van der Waals surface area contributed by atoms with Crippen LogP contribution in [0.5, 0.6) is 23.0 Å². The quantitative estimate of drug-likeness (QED) is 0.377. The summed E-state index contributed by atoms with van der Waals surface area (Å²) in [4.78, 5) is 35.9. The summed E-state index contributed by atoms with van der Waals surface area (Å²) in [5, 5.41) is 1.56. The van der Waals surface area contributed by atoms with Crippen LogP contribution in [0.25, 0.3) is 0 Å². The van der Waals surface area contributed by atoms with E-state index in [0.29, 0.717) is 35.8 Å². The predicted molar refractivity (Wildman–Crippen MR) is 140 cm³/mol. The van der Waals surface area contributed by atoms with Crippen molar-refractivity contribution in [1.82, 2.24) is 5.32 Å². The fourth-order valence-corrected chi connectivity index (χ4v) is 4.93. The van der Waals surface area contributed by atoms with E-state index < -0.39 is 11.2 Å². The number of benzene rings is 3. The van der Waals surface area contributed by atoms with E-state index in [9.17, 15) is 14.4 Å². The highest BCUT2D eigenvalue weighted by molar-refractivity contribution is 8.15. The van der Waals surface area contributed by atoms with Gasteiger partial charge in [-0.1, -0.05) is 36.0 Å². The van der Waals surface area contributed by atoms with Crippen molar-refractivity contribution in [3.8, 4) is 23.0 Å². The van der Waals surface area contributed by atoms with Crippen molar-refractivity contribution in [2.45, 2.75) is 24.0 Å². The average Bonchev–Trinajstić information content (AvgIpc) is 3.23. The molecule has 0 aliphatic carbocycles. The number of amides is 2. The van der Waals surface area contributed by atoms with Crippen molar-refractivity contribution in [3.05, 3.63) is 83.4 Å². The van der Waals surface area contributed by atoms with Crippen LogP contribution in [0.3, 0.4) is 0 Å². The normalized spacial score (nSPS) is 15.6. The first kappa shape index (κ1) is 26.1. The van der Waals surface area contributed by atoms with Crippen LogP contribution in [-0.4, -0.2) is 43.7 Å². The van der Waals surface area contributed by atoms with Gasteiger partial charge in [0.05, 0.1) is 32.5 Å². The maximum absolute atomic E-state index is 12.7. The van der Waals surface area contributed by atoms with Gasteiger partial charge in [-0.25, -0.2) is 0 Å². The molecule has 8 nitrogen and oxygen atoms in total. The summed E-state index contributed by atoms with van der Waals surface area (Å²) in [7, 11) is 4.52. The van der Waals surface area contributed by atoms with Gasteiger partial charge in [0.25, 0.3) is 5.24 Å². The fourth-order valence-electron chi connectivity index (χ4n) is 4.07. The maximum Gasteiger partial charge on any atom is 0.313 e. The van der Waals surface area contributed by atoms with Crippen LogP contribution in [-0.2, 0) is 27.2 Å².